The molecule has 0 fully saturated rings. The molecule has 142 valence electrons. The number of thioether (sulfide) groups is 1. The zero-order valence-electron chi connectivity index (χ0n) is 15.6. The maximum atomic E-state index is 12.8. The number of pyridine rings is 1. The minimum atomic E-state index is -0.419. The van der Waals surface area contributed by atoms with Crippen LogP contribution in [0.2, 0.25) is 0 Å². The molecule has 3 aromatic heterocycles. The standard InChI is InChI=1S/C18H23N7OS/c1-12-10-13(2)21-18(20-12)22-14(7-9-27-3)17(26)19-11-16-24-23-15-6-4-5-8-25(15)16/h4-6,8,10,14H,7,9,11H2,1-3H3,(H,19,26)(H,20,21,22)/t14-/m0/s1. The van der Waals surface area contributed by atoms with Crippen LogP contribution in [0.3, 0.4) is 0 Å². The van der Waals surface area contributed by atoms with Gasteiger partial charge in [-0.15, -0.1) is 10.2 Å². The van der Waals surface area contributed by atoms with Gasteiger partial charge in [0.1, 0.15) is 6.04 Å². The molecule has 0 aliphatic heterocycles. The molecule has 0 unspecified atom stereocenters. The molecule has 9 heteroatoms. The fourth-order valence-corrected chi connectivity index (χ4v) is 3.22. The van der Waals surface area contributed by atoms with Crippen molar-refractivity contribution in [3.8, 4) is 0 Å². The predicted octanol–water partition coefficient (Wildman–Crippen LogP) is 1.99. The van der Waals surface area contributed by atoms with Crippen molar-refractivity contribution >= 4 is 29.3 Å². The fourth-order valence-electron chi connectivity index (χ4n) is 2.75. The second-order valence-electron chi connectivity index (χ2n) is 6.22. The molecular formula is C18H23N7OS. The summed E-state index contributed by atoms with van der Waals surface area (Å²) in [6.45, 7) is 4.12. The topological polar surface area (TPSA) is 97.1 Å². The Morgan fingerprint density at radius 3 is 2.74 bits per heavy atom. The van der Waals surface area contributed by atoms with Crippen LogP contribution in [-0.2, 0) is 11.3 Å². The van der Waals surface area contributed by atoms with E-state index < -0.39 is 6.04 Å². The van der Waals surface area contributed by atoms with E-state index in [1.807, 2.05) is 55.0 Å². The lowest BCUT2D eigenvalue weighted by atomic mass is 10.2. The third kappa shape index (κ3) is 4.94. The largest absolute Gasteiger partial charge is 0.347 e. The maximum Gasteiger partial charge on any atom is 0.242 e. The summed E-state index contributed by atoms with van der Waals surface area (Å²) >= 11 is 1.69. The number of fused-ring (bicyclic) bond motifs is 1. The van der Waals surface area contributed by atoms with E-state index in [1.54, 1.807) is 11.8 Å². The van der Waals surface area contributed by atoms with Gasteiger partial charge < -0.3 is 10.6 Å². The molecule has 0 saturated carbocycles. The first-order valence-electron chi connectivity index (χ1n) is 8.71. The Balaban J connectivity index is 1.69. The molecule has 0 saturated heterocycles. The normalized spacial score (nSPS) is 12.1. The summed E-state index contributed by atoms with van der Waals surface area (Å²) in [4.78, 5) is 21.5. The number of nitrogens with zero attached hydrogens (tertiary/aromatic N) is 5. The zero-order chi connectivity index (χ0) is 19.2. The molecule has 8 nitrogen and oxygen atoms in total. The molecule has 3 rings (SSSR count). The number of carbonyl (C=O) groups excluding carboxylic acids is 1. The van der Waals surface area contributed by atoms with Gasteiger partial charge in [-0.05, 0) is 50.5 Å². The Morgan fingerprint density at radius 1 is 1.22 bits per heavy atom. The summed E-state index contributed by atoms with van der Waals surface area (Å²) in [5, 5.41) is 14.4. The van der Waals surface area contributed by atoms with Crippen LogP contribution in [0.25, 0.3) is 5.65 Å². The van der Waals surface area contributed by atoms with Crippen LogP contribution >= 0.6 is 11.8 Å². The monoisotopic (exact) mass is 385 g/mol. The fraction of sp³-hybridized carbons (Fsp3) is 0.389. The number of anilines is 1. The number of hydrogen-bond acceptors (Lipinski definition) is 7. The van der Waals surface area contributed by atoms with Gasteiger partial charge in [-0.25, -0.2) is 9.97 Å². The number of hydrogen-bond donors (Lipinski definition) is 2. The van der Waals surface area contributed by atoms with E-state index in [2.05, 4.69) is 30.8 Å². The van der Waals surface area contributed by atoms with Crippen LogP contribution < -0.4 is 10.6 Å². The molecule has 0 aliphatic carbocycles. The molecule has 0 aliphatic rings. The van der Waals surface area contributed by atoms with Crippen LogP contribution in [-0.4, -0.2) is 48.5 Å². The molecule has 27 heavy (non-hydrogen) atoms. The molecule has 0 radical (unpaired) electrons. The van der Waals surface area contributed by atoms with E-state index in [-0.39, 0.29) is 5.91 Å². The van der Waals surface area contributed by atoms with Gasteiger partial charge >= 0.3 is 0 Å². The number of aryl methyl sites for hydroxylation is 2. The first-order valence-corrected chi connectivity index (χ1v) is 10.1. The van der Waals surface area contributed by atoms with Gasteiger partial charge in [-0.2, -0.15) is 11.8 Å². The van der Waals surface area contributed by atoms with Gasteiger partial charge in [0, 0.05) is 17.6 Å². The number of carbonyl (C=O) groups is 1. The average molecular weight is 385 g/mol. The Bertz CT molecular complexity index is 907. The van der Waals surface area contributed by atoms with E-state index in [9.17, 15) is 4.79 Å². The number of rotatable bonds is 8. The van der Waals surface area contributed by atoms with E-state index >= 15 is 0 Å². The maximum absolute atomic E-state index is 12.8. The van der Waals surface area contributed by atoms with Gasteiger partial charge in [0.25, 0.3) is 0 Å². The lowest BCUT2D eigenvalue weighted by Crippen LogP contribution is -2.40. The van der Waals surface area contributed by atoms with Gasteiger partial charge in [0.05, 0.1) is 6.54 Å². The highest BCUT2D eigenvalue weighted by atomic mass is 32.2. The van der Waals surface area contributed by atoms with Crippen molar-refractivity contribution < 1.29 is 4.79 Å². The first kappa shape index (κ1) is 19.1. The highest BCUT2D eigenvalue weighted by Gasteiger charge is 2.20. The summed E-state index contributed by atoms with van der Waals surface area (Å²) in [5.41, 5.74) is 2.48. The summed E-state index contributed by atoms with van der Waals surface area (Å²) < 4.78 is 1.86. The minimum Gasteiger partial charge on any atom is -0.347 e. The van der Waals surface area contributed by atoms with E-state index in [0.717, 1.165) is 22.8 Å². The van der Waals surface area contributed by atoms with E-state index in [1.165, 1.54) is 0 Å². The highest BCUT2D eigenvalue weighted by Crippen LogP contribution is 2.10. The predicted molar refractivity (Wildman–Crippen MR) is 107 cm³/mol. The molecule has 1 amide bonds. The Kier molecular flexibility index (Phi) is 6.23. The Labute approximate surface area is 162 Å². The molecule has 0 aromatic carbocycles. The van der Waals surface area contributed by atoms with Crippen molar-refractivity contribution in [3.63, 3.8) is 0 Å². The summed E-state index contributed by atoms with van der Waals surface area (Å²) in [5.74, 6) is 1.90. The van der Waals surface area contributed by atoms with Crippen LogP contribution in [0.1, 0.15) is 23.6 Å². The SMILES string of the molecule is CSCC[C@H](Nc1nc(C)cc(C)n1)C(=O)NCc1nnc2ccccn12. The van der Waals surface area contributed by atoms with Crippen LogP contribution in [0.4, 0.5) is 5.95 Å². The lowest BCUT2D eigenvalue weighted by Gasteiger charge is -2.18. The highest BCUT2D eigenvalue weighted by molar-refractivity contribution is 7.98. The smallest absolute Gasteiger partial charge is 0.242 e. The number of aromatic nitrogens is 5. The molecule has 2 N–H and O–H groups in total. The quantitative estimate of drug-likeness (QED) is 0.612. The van der Waals surface area contributed by atoms with E-state index in [0.29, 0.717) is 24.7 Å². The van der Waals surface area contributed by atoms with Gasteiger partial charge in [0.2, 0.25) is 11.9 Å². The van der Waals surface area contributed by atoms with Gasteiger partial charge in [0.15, 0.2) is 11.5 Å². The van der Waals surface area contributed by atoms with Crippen molar-refractivity contribution in [2.45, 2.75) is 32.9 Å². The third-order valence-electron chi connectivity index (χ3n) is 4.02. The summed E-state index contributed by atoms with van der Waals surface area (Å²) in [7, 11) is 0. The lowest BCUT2D eigenvalue weighted by molar-refractivity contribution is -0.122. The van der Waals surface area contributed by atoms with Crippen molar-refractivity contribution in [1.29, 1.82) is 0 Å². The summed E-state index contributed by atoms with van der Waals surface area (Å²) in [6, 6.07) is 7.16. The zero-order valence-corrected chi connectivity index (χ0v) is 16.5. The van der Waals surface area contributed by atoms with Crippen molar-refractivity contribution in [3.05, 3.63) is 47.7 Å². The average Bonchev–Trinajstić information content (AvgIpc) is 3.05. The minimum absolute atomic E-state index is 0.112. The molecule has 0 spiro atoms. The Hall–Kier alpha value is -2.68. The van der Waals surface area contributed by atoms with Crippen molar-refractivity contribution in [2.75, 3.05) is 17.3 Å². The number of amides is 1. The first-order chi connectivity index (χ1) is 13.1. The summed E-state index contributed by atoms with van der Waals surface area (Å²) in [6.07, 6.45) is 4.57. The molecule has 3 aromatic rings. The van der Waals surface area contributed by atoms with Crippen LogP contribution in [0.5, 0.6) is 0 Å². The second kappa shape index (κ2) is 8.81. The molecule has 1 atom stereocenters. The van der Waals surface area contributed by atoms with Gasteiger partial charge in [-0.1, -0.05) is 6.07 Å². The number of nitrogens with one attached hydrogen (secondary N) is 2. The third-order valence-corrected chi connectivity index (χ3v) is 4.66. The van der Waals surface area contributed by atoms with Crippen LogP contribution in [0, 0.1) is 13.8 Å². The Morgan fingerprint density at radius 2 is 2.00 bits per heavy atom. The molecule has 3 heterocycles. The van der Waals surface area contributed by atoms with Crippen molar-refractivity contribution in [2.24, 2.45) is 0 Å². The molecular weight excluding hydrogens is 362 g/mol. The van der Waals surface area contributed by atoms with Gasteiger partial charge in [-0.3, -0.25) is 9.20 Å². The second-order valence-corrected chi connectivity index (χ2v) is 7.20. The van der Waals surface area contributed by atoms with Crippen LogP contribution in [0.15, 0.2) is 30.5 Å². The molecule has 0 bridgehead atoms. The van der Waals surface area contributed by atoms with Crippen molar-refractivity contribution in [1.82, 2.24) is 29.9 Å². The van der Waals surface area contributed by atoms with E-state index in [4.69, 9.17) is 0 Å².